The fourth-order valence-corrected chi connectivity index (χ4v) is 11.6. The van der Waals surface area contributed by atoms with Crippen molar-refractivity contribution in [3.63, 3.8) is 0 Å². The highest BCUT2D eigenvalue weighted by Gasteiger charge is 2.43. The molecule has 82 heavy (non-hydrogen) atoms. The summed E-state index contributed by atoms with van der Waals surface area (Å²) in [5, 5.41) is 50.2. The maximum atomic E-state index is 16.1. The lowest BCUT2D eigenvalue weighted by Crippen LogP contribution is -2.50. The number of aryl methyl sites for hydroxylation is 1. The Balaban J connectivity index is 0.867. The van der Waals surface area contributed by atoms with Crippen LogP contribution in [-0.2, 0) is 27.5 Å². The molecule has 8 aromatic rings. The number of aliphatic hydroxyl groups is 2. The molecule has 4 aromatic carbocycles. The van der Waals surface area contributed by atoms with Gasteiger partial charge in [0, 0.05) is 79.9 Å². The van der Waals surface area contributed by atoms with E-state index in [-0.39, 0.29) is 74.5 Å². The van der Waals surface area contributed by atoms with E-state index in [1.807, 2.05) is 94.0 Å². The molecule has 21 heteroatoms. The Labute approximate surface area is 475 Å². The third-order valence-electron chi connectivity index (χ3n) is 16.3. The van der Waals surface area contributed by atoms with Gasteiger partial charge in [-0.2, -0.15) is 20.2 Å². The molecule has 6 atom stereocenters. The average molecular weight is 1120 g/mol. The number of aliphatic hydroxyl groups excluding tert-OH is 2. The summed E-state index contributed by atoms with van der Waals surface area (Å²) >= 11 is 0. The third kappa shape index (κ3) is 11.4. The number of fused-ring (bicyclic) bond motifs is 2. The minimum Gasteiger partial charge on any atom is -0.486 e. The zero-order valence-electron chi connectivity index (χ0n) is 47.5. The molecule has 0 unspecified atom stereocenters. The molecule has 20 nitrogen and oxygen atoms in total. The number of hydrogen-bond donors (Lipinski definition) is 5. The van der Waals surface area contributed by atoms with E-state index in [2.05, 4.69) is 47.2 Å². The minimum atomic E-state index is -0.987. The number of methoxy groups -OCH3 is 1. The lowest BCUT2D eigenvalue weighted by Gasteiger charge is -2.30. The maximum absolute atomic E-state index is 16.1. The molecule has 2 aliphatic heterocycles. The lowest BCUT2D eigenvalue weighted by atomic mass is 9.88. The molecule has 5 N–H and O–H groups in total. The largest absolute Gasteiger partial charge is 0.486 e. The molecule has 0 bridgehead atoms. The molecular weight excluding hydrogens is 1050 g/mol. The van der Waals surface area contributed by atoms with Crippen molar-refractivity contribution in [2.24, 2.45) is 5.92 Å². The van der Waals surface area contributed by atoms with Crippen molar-refractivity contribution >= 4 is 39.4 Å². The predicted octanol–water partition coefficient (Wildman–Crippen LogP) is 7.83. The number of H-pyrrole nitrogens is 1. The molecule has 0 spiro atoms. The Hall–Kier alpha value is -7.85. The first-order valence-corrected chi connectivity index (χ1v) is 28.5. The smallest absolute Gasteiger partial charge is 0.319 e. The monoisotopic (exact) mass is 1120 g/mol. The number of carbonyl (C=O) groups is 2. The number of ether oxygens (including phenoxy) is 3. The van der Waals surface area contributed by atoms with Crippen molar-refractivity contribution in [1.29, 1.82) is 0 Å². The van der Waals surface area contributed by atoms with Crippen LogP contribution in [0, 0.1) is 18.7 Å². The number of nitrogens with zero attached hydrogens (tertiary/aromatic N) is 10. The van der Waals surface area contributed by atoms with Crippen molar-refractivity contribution in [1.82, 2.24) is 60.5 Å². The molecule has 2 saturated heterocycles. The number of rotatable bonds is 22. The Morgan fingerprint density at radius 3 is 2.46 bits per heavy atom. The molecule has 1 saturated carbocycles. The molecule has 11 rings (SSSR count). The van der Waals surface area contributed by atoms with Crippen LogP contribution in [0.4, 0.5) is 10.2 Å². The summed E-state index contributed by atoms with van der Waals surface area (Å²) in [5.74, 6) is -0.135. The van der Waals surface area contributed by atoms with Crippen LogP contribution in [0.1, 0.15) is 100 Å². The standard InChI is InChI=1S/C61H72FN13O7/c1-8-74-51(21-23-65-74)41-19-17-40(18-20-41)50(31-76)66-59(78)52-24-43(77)29-73(52)60(79)56(34(2)3)75-30-49(70-71-75)39-13-11-37(12-14-39)33-81-57-54(53-36(5)47(62)26-48-46(53)27-64-69-48)44(38-15-16-38)25-45-55(57)67-61(82-32-35(4)80-7)68-58(45)72(6)28-42-10-9-22-63-42/h11-14,17-21,23,25-27,30,34-35,38,42-43,50,52,56,63,76-77H,8-10,15-16,22,24,28-29,31-33H2,1-7H3,(H,64,69)(H,66,78)/t35-,42+,43+,50-,52-,56-/m0/s1. The number of hydrogen-bond acceptors (Lipinski definition) is 15. The van der Waals surface area contributed by atoms with Crippen LogP contribution in [0.25, 0.3) is 55.4 Å². The average Bonchev–Trinajstić information content (AvgIpc) is 3.30. The van der Waals surface area contributed by atoms with Gasteiger partial charge in [-0.3, -0.25) is 19.4 Å². The zero-order valence-corrected chi connectivity index (χ0v) is 47.5. The minimum absolute atomic E-state index is 0.0371. The SMILES string of the molecule is CCn1nccc1-c1ccc([C@H](CO)NC(=O)[C@@H]2C[C@@H](O)CN2C(=O)[C@H](C(C)C)n2cc(-c3ccc(COc4c(-c5c(C)c(F)cc6[nH]ncc56)c(C5CC5)cc5c(N(C)C[C@H]6CCCN6)nc(OC[C@H](C)OC)nc45)cc3)nn2)cc1. The molecule has 6 heterocycles. The van der Waals surface area contributed by atoms with Crippen molar-refractivity contribution in [3.05, 3.63) is 113 Å². The van der Waals surface area contributed by atoms with Crippen LogP contribution in [-0.4, -0.2) is 143 Å². The number of amides is 2. The van der Waals surface area contributed by atoms with Crippen LogP contribution < -0.4 is 25.0 Å². The number of β-amino-alcohol motifs (C(OH)–C–C–N with tert-alkyl or cyclic N) is 1. The lowest BCUT2D eigenvalue weighted by molar-refractivity contribution is -0.142. The number of aromatic amines is 1. The highest BCUT2D eigenvalue weighted by Crippen LogP contribution is 2.53. The van der Waals surface area contributed by atoms with Crippen LogP contribution in [0.15, 0.2) is 85.3 Å². The van der Waals surface area contributed by atoms with Crippen molar-refractivity contribution in [3.8, 4) is 45.4 Å². The Bertz CT molecular complexity index is 3570. The first-order chi connectivity index (χ1) is 39.7. The van der Waals surface area contributed by atoms with E-state index >= 15 is 4.39 Å². The second-order valence-corrected chi connectivity index (χ2v) is 22.4. The Morgan fingerprint density at radius 2 is 1.76 bits per heavy atom. The number of aromatic nitrogens is 9. The van der Waals surface area contributed by atoms with Gasteiger partial charge in [0.25, 0.3) is 0 Å². The number of nitrogens with one attached hydrogen (secondary N) is 3. The summed E-state index contributed by atoms with van der Waals surface area (Å²) < 4.78 is 38.4. The zero-order chi connectivity index (χ0) is 57.3. The first kappa shape index (κ1) is 56.0. The van der Waals surface area contributed by atoms with Gasteiger partial charge < -0.3 is 44.9 Å². The maximum Gasteiger partial charge on any atom is 0.319 e. The van der Waals surface area contributed by atoms with Crippen LogP contribution in [0.5, 0.6) is 11.8 Å². The quantitative estimate of drug-likeness (QED) is 0.0435. The normalized spacial score (nSPS) is 18.4. The van der Waals surface area contributed by atoms with Gasteiger partial charge in [0.2, 0.25) is 11.8 Å². The van der Waals surface area contributed by atoms with Gasteiger partial charge in [0.15, 0.2) is 5.75 Å². The predicted molar refractivity (Wildman–Crippen MR) is 309 cm³/mol. The summed E-state index contributed by atoms with van der Waals surface area (Å²) in [6.45, 7) is 11.8. The summed E-state index contributed by atoms with van der Waals surface area (Å²) in [6.07, 6.45) is 8.15. The van der Waals surface area contributed by atoms with E-state index in [1.54, 1.807) is 32.6 Å². The summed E-state index contributed by atoms with van der Waals surface area (Å²) in [6, 6.07) is 18.7. The highest BCUT2D eigenvalue weighted by atomic mass is 19.1. The Morgan fingerprint density at radius 1 is 0.976 bits per heavy atom. The molecule has 2 amide bonds. The van der Waals surface area contributed by atoms with E-state index in [0.717, 1.165) is 76.5 Å². The van der Waals surface area contributed by atoms with Gasteiger partial charge >= 0.3 is 6.01 Å². The summed E-state index contributed by atoms with van der Waals surface area (Å²) in [5.41, 5.74) is 8.70. The molecule has 1 aliphatic carbocycles. The van der Waals surface area contributed by atoms with Crippen molar-refractivity contribution in [2.45, 2.75) is 122 Å². The van der Waals surface area contributed by atoms with Crippen molar-refractivity contribution < 1.29 is 38.4 Å². The summed E-state index contributed by atoms with van der Waals surface area (Å²) in [4.78, 5) is 42.4. The topological polar surface area (TPSA) is 236 Å². The molecule has 4 aromatic heterocycles. The van der Waals surface area contributed by atoms with Crippen LogP contribution >= 0.6 is 0 Å². The number of carbonyl (C=O) groups excluding carboxylic acids is 2. The van der Waals surface area contributed by atoms with Gasteiger partial charge in [-0.25, -0.2) is 9.07 Å². The number of benzene rings is 4. The van der Waals surface area contributed by atoms with Gasteiger partial charge in [-0.05, 0) is 111 Å². The van der Waals surface area contributed by atoms with Crippen LogP contribution in [0.3, 0.4) is 0 Å². The fourth-order valence-electron chi connectivity index (χ4n) is 11.6. The Kier molecular flexibility index (Phi) is 16.4. The number of likely N-dealkylation sites (N-methyl/N-ethyl adjacent to an activating group) is 1. The second kappa shape index (κ2) is 23.9. The second-order valence-electron chi connectivity index (χ2n) is 22.4. The molecule has 3 aliphatic rings. The number of halogens is 1. The van der Waals surface area contributed by atoms with Gasteiger partial charge in [0.1, 0.15) is 48.1 Å². The van der Waals surface area contributed by atoms with Gasteiger partial charge in [0.05, 0.1) is 48.5 Å². The molecular formula is C61H72FN13O7. The van der Waals surface area contributed by atoms with E-state index in [1.165, 1.54) is 15.6 Å². The van der Waals surface area contributed by atoms with E-state index < -0.39 is 30.1 Å². The van der Waals surface area contributed by atoms with Crippen molar-refractivity contribution in [2.75, 3.05) is 51.9 Å². The number of anilines is 1. The van der Waals surface area contributed by atoms with E-state index in [0.29, 0.717) is 58.1 Å². The molecule has 0 radical (unpaired) electrons. The van der Waals surface area contributed by atoms with Gasteiger partial charge in [-0.1, -0.05) is 67.6 Å². The molecule has 430 valence electrons. The first-order valence-electron chi connectivity index (χ1n) is 28.5. The third-order valence-corrected chi connectivity index (χ3v) is 16.3. The van der Waals surface area contributed by atoms with E-state index in [9.17, 15) is 19.8 Å². The summed E-state index contributed by atoms with van der Waals surface area (Å²) in [7, 11) is 3.67. The molecule has 3 fully saturated rings. The van der Waals surface area contributed by atoms with E-state index in [4.69, 9.17) is 24.2 Å². The van der Waals surface area contributed by atoms with Gasteiger partial charge in [-0.15, -0.1) is 5.10 Å². The number of likely N-dealkylation sites (tertiary alicyclic amines) is 1. The van der Waals surface area contributed by atoms with Crippen LogP contribution in [0.2, 0.25) is 0 Å². The highest BCUT2D eigenvalue weighted by molar-refractivity contribution is 6.06. The fraction of sp³-hybridized carbons (Fsp3) is 0.443.